The average Bonchev–Trinajstić information content (AvgIpc) is 2.81. The quantitative estimate of drug-likeness (QED) is 0.647. The molecule has 176 valence electrons. The molecule has 0 unspecified atom stereocenters. The van der Waals surface area contributed by atoms with Crippen LogP contribution in [0.3, 0.4) is 0 Å². The summed E-state index contributed by atoms with van der Waals surface area (Å²) in [6.07, 6.45) is 2.64. The number of likely N-dealkylation sites (N-methyl/N-ethyl adjacent to an activating group) is 1. The van der Waals surface area contributed by atoms with Crippen LogP contribution < -0.4 is 9.80 Å². The van der Waals surface area contributed by atoms with E-state index < -0.39 is 10.0 Å². The summed E-state index contributed by atoms with van der Waals surface area (Å²) in [5, 5.41) is 0. The molecule has 2 amide bonds. The predicted octanol–water partition coefficient (Wildman–Crippen LogP) is 2.30. The van der Waals surface area contributed by atoms with Gasteiger partial charge in [-0.25, -0.2) is 12.7 Å². The monoisotopic (exact) mass is 470 g/mol. The van der Waals surface area contributed by atoms with Crippen molar-refractivity contribution in [2.45, 2.75) is 36.7 Å². The molecule has 0 aromatic heterocycles. The first-order valence-electron chi connectivity index (χ1n) is 11.1. The number of carbonyl (C=O) groups is 2. The van der Waals surface area contributed by atoms with E-state index in [1.54, 1.807) is 24.1 Å². The third-order valence-electron chi connectivity index (χ3n) is 6.36. The molecule has 2 aromatic carbocycles. The standard InChI is InChI=1S/C24H30N4O4S/c1-25(2)33(31,32)19-12-13-20-22(15-19)28(24(30)21-11-7-8-14-27(20)21)17-23(29)26(3)16-18-9-5-4-6-10-18/h4-6,9-10,12-13,15,21H,7-8,11,14,16-17H2,1-3H3/t21-/m1/s1. The molecule has 0 bridgehead atoms. The molecular weight excluding hydrogens is 440 g/mol. The number of amides is 2. The zero-order valence-corrected chi connectivity index (χ0v) is 20.1. The van der Waals surface area contributed by atoms with Gasteiger partial charge >= 0.3 is 0 Å². The molecule has 1 atom stereocenters. The fourth-order valence-corrected chi connectivity index (χ4v) is 5.40. The minimum Gasteiger partial charge on any atom is -0.358 e. The minimum atomic E-state index is -3.68. The number of fused-ring (bicyclic) bond motifs is 3. The van der Waals surface area contributed by atoms with E-state index in [4.69, 9.17) is 0 Å². The molecule has 2 aromatic rings. The van der Waals surface area contributed by atoms with Crippen LogP contribution in [0.25, 0.3) is 0 Å². The Labute approximate surface area is 195 Å². The van der Waals surface area contributed by atoms with Gasteiger partial charge in [-0.15, -0.1) is 0 Å². The van der Waals surface area contributed by atoms with Crippen molar-refractivity contribution >= 4 is 33.2 Å². The van der Waals surface area contributed by atoms with E-state index in [0.717, 1.165) is 41.4 Å². The Balaban J connectivity index is 1.68. The van der Waals surface area contributed by atoms with Crippen molar-refractivity contribution in [1.29, 1.82) is 0 Å². The molecule has 33 heavy (non-hydrogen) atoms. The second-order valence-corrected chi connectivity index (χ2v) is 11.0. The third-order valence-corrected chi connectivity index (χ3v) is 8.17. The maximum absolute atomic E-state index is 13.5. The van der Waals surface area contributed by atoms with E-state index in [1.165, 1.54) is 25.1 Å². The Kier molecular flexibility index (Phi) is 6.45. The molecule has 1 saturated heterocycles. The lowest BCUT2D eigenvalue weighted by Gasteiger charge is -2.45. The maximum atomic E-state index is 13.5. The molecule has 9 heteroatoms. The van der Waals surface area contributed by atoms with Crippen LogP contribution >= 0.6 is 0 Å². The number of benzene rings is 2. The predicted molar refractivity (Wildman–Crippen MR) is 128 cm³/mol. The third kappa shape index (κ3) is 4.47. The van der Waals surface area contributed by atoms with Gasteiger partial charge in [-0.3, -0.25) is 14.5 Å². The maximum Gasteiger partial charge on any atom is 0.250 e. The minimum absolute atomic E-state index is 0.101. The molecule has 1 fully saturated rings. The SMILES string of the molecule is CN(Cc1ccccc1)C(=O)CN1C(=O)[C@H]2CCCCN2c2ccc(S(=O)(=O)N(C)C)cc21. The van der Waals surface area contributed by atoms with Crippen molar-refractivity contribution in [3.63, 3.8) is 0 Å². The second kappa shape index (κ2) is 9.15. The van der Waals surface area contributed by atoms with E-state index in [2.05, 4.69) is 4.90 Å². The van der Waals surface area contributed by atoms with Crippen LogP contribution in [0.2, 0.25) is 0 Å². The van der Waals surface area contributed by atoms with Crippen LogP contribution in [0.4, 0.5) is 11.4 Å². The van der Waals surface area contributed by atoms with Crippen molar-refractivity contribution in [3.05, 3.63) is 54.1 Å². The first-order chi connectivity index (χ1) is 15.7. The highest BCUT2D eigenvalue weighted by atomic mass is 32.2. The van der Waals surface area contributed by atoms with Crippen LogP contribution in [-0.2, 0) is 26.2 Å². The molecular formula is C24H30N4O4S. The lowest BCUT2D eigenvalue weighted by Crippen LogP contribution is -2.57. The van der Waals surface area contributed by atoms with Crippen LogP contribution in [0.1, 0.15) is 24.8 Å². The smallest absolute Gasteiger partial charge is 0.250 e. The van der Waals surface area contributed by atoms with Gasteiger partial charge in [0.2, 0.25) is 21.8 Å². The summed E-state index contributed by atoms with van der Waals surface area (Å²) < 4.78 is 26.7. The summed E-state index contributed by atoms with van der Waals surface area (Å²) in [6, 6.07) is 14.2. The van der Waals surface area contributed by atoms with Crippen LogP contribution in [0, 0.1) is 0 Å². The van der Waals surface area contributed by atoms with E-state index in [9.17, 15) is 18.0 Å². The van der Waals surface area contributed by atoms with Gasteiger partial charge in [0.25, 0.3) is 0 Å². The van der Waals surface area contributed by atoms with Crippen molar-refractivity contribution in [2.24, 2.45) is 0 Å². The summed E-state index contributed by atoms with van der Waals surface area (Å²) in [5.41, 5.74) is 2.27. The molecule has 0 radical (unpaired) electrons. The highest BCUT2D eigenvalue weighted by molar-refractivity contribution is 7.89. The zero-order valence-electron chi connectivity index (χ0n) is 19.3. The van der Waals surface area contributed by atoms with Crippen molar-refractivity contribution in [3.8, 4) is 0 Å². The van der Waals surface area contributed by atoms with Gasteiger partial charge in [0.05, 0.1) is 16.3 Å². The number of hydrogen-bond acceptors (Lipinski definition) is 5. The van der Waals surface area contributed by atoms with Gasteiger partial charge in [0.1, 0.15) is 12.6 Å². The number of sulfonamides is 1. The molecule has 2 heterocycles. The summed E-state index contributed by atoms with van der Waals surface area (Å²) in [5.74, 6) is -0.355. The van der Waals surface area contributed by atoms with Gasteiger partial charge in [-0.05, 0) is 43.0 Å². The number of carbonyl (C=O) groups excluding carboxylic acids is 2. The van der Waals surface area contributed by atoms with E-state index in [0.29, 0.717) is 12.2 Å². The van der Waals surface area contributed by atoms with E-state index in [1.807, 2.05) is 30.3 Å². The van der Waals surface area contributed by atoms with Gasteiger partial charge in [0.15, 0.2) is 0 Å². The van der Waals surface area contributed by atoms with Crippen LogP contribution in [-0.4, -0.2) is 69.7 Å². The number of anilines is 2. The van der Waals surface area contributed by atoms with E-state index in [-0.39, 0.29) is 29.3 Å². The highest BCUT2D eigenvalue weighted by Crippen LogP contribution is 2.40. The highest BCUT2D eigenvalue weighted by Gasteiger charge is 2.41. The molecule has 0 N–H and O–H groups in total. The van der Waals surface area contributed by atoms with Gasteiger partial charge in [-0.1, -0.05) is 30.3 Å². The summed E-state index contributed by atoms with van der Waals surface area (Å²) in [4.78, 5) is 31.8. The first-order valence-corrected chi connectivity index (χ1v) is 12.6. The Morgan fingerprint density at radius 1 is 1.03 bits per heavy atom. The second-order valence-electron chi connectivity index (χ2n) is 8.80. The lowest BCUT2D eigenvalue weighted by atomic mass is 9.96. The number of piperidine rings is 1. The van der Waals surface area contributed by atoms with Crippen molar-refractivity contribution in [2.75, 3.05) is 44.0 Å². The first kappa shape index (κ1) is 23.3. The molecule has 2 aliphatic heterocycles. The number of hydrogen-bond donors (Lipinski definition) is 0. The normalized spacial score (nSPS) is 18.2. The fourth-order valence-electron chi connectivity index (χ4n) is 4.47. The Hall–Kier alpha value is -2.91. The van der Waals surface area contributed by atoms with E-state index >= 15 is 0 Å². The van der Waals surface area contributed by atoms with Crippen molar-refractivity contribution in [1.82, 2.24) is 9.21 Å². The zero-order chi connectivity index (χ0) is 23.8. The van der Waals surface area contributed by atoms with Crippen molar-refractivity contribution < 1.29 is 18.0 Å². The van der Waals surface area contributed by atoms with Crippen LogP contribution in [0.5, 0.6) is 0 Å². The largest absolute Gasteiger partial charge is 0.358 e. The summed E-state index contributed by atoms with van der Waals surface area (Å²) in [6.45, 7) is 1.03. The number of nitrogens with zero attached hydrogens (tertiary/aromatic N) is 4. The van der Waals surface area contributed by atoms with Crippen LogP contribution in [0.15, 0.2) is 53.4 Å². The van der Waals surface area contributed by atoms with Gasteiger partial charge in [-0.2, -0.15) is 0 Å². The van der Waals surface area contributed by atoms with Gasteiger partial charge in [0, 0.05) is 34.2 Å². The molecule has 4 rings (SSSR count). The summed E-state index contributed by atoms with van der Waals surface area (Å²) in [7, 11) is 0.974. The van der Waals surface area contributed by atoms with Gasteiger partial charge < -0.3 is 9.80 Å². The topological polar surface area (TPSA) is 81.2 Å². The number of rotatable bonds is 6. The molecule has 2 aliphatic rings. The molecule has 0 spiro atoms. The Bertz CT molecular complexity index is 1150. The lowest BCUT2D eigenvalue weighted by molar-refractivity contribution is -0.131. The Morgan fingerprint density at radius 2 is 1.76 bits per heavy atom. The Morgan fingerprint density at radius 3 is 2.45 bits per heavy atom. The molecule has 0 aliphatic carbocycles. The summed E-state index contributed by atoms with van der Waals surface area (Å²) >= 11 is 0. The average molecular weight is 471 g/mol. The molecule has 8 nitrogen and oxygen atoms in total. The fraction of sp³-hybridized carbons (Fsp3) is 0.417. The molecule has 0 saturated carbocycles.